The van der Waals surface area contributed by atoms with Gasteiger partial charge in [0.05, 0.1) is 12.7 Å². The summed E-state index contributed by atoms with van der Waals surface area (Å²) in [7, 11) is 1.49. The van der Waals surface area contributed by atoms with E-state index in [0.29, 0.717) is 11.8 Å². The Hall–Kier alpha value is -0.780. The number of hydrogen-bond donors (Lipinski definition) is 1. The predicted molar refractivity (Wildman–Crippen MR) is 88.1 cm³/mol. The molecular weight excluding hydrogens is 301 g/mol. The van der Waals surface area contributed by atoms with E-state index in [1.807, 2.05) is 17.8 Å². The van der Waals surface area contributed by atoms with Crippen molar-refractivity contribution < 1.29 is 13.9 Å². The van der Waals surface area contributed by atoms with Crippen LogP contribution in [0.2, 0.25) is 0 Å². The van der Waals surface area contributed by atoms with Gasteiger partial charge in [0.15, 0.2) is 11.6 Å². The Bertz CT molecular complexity index is 519. The van der Waals surface area contributed by atoms with Gasteiger partial charge in [0.2, 0.25) is 0 Å². The minimum atomic E-state index is -0.302. The van der Waals surface area contributed by atoms with Gasteiger partial charge in [-0.05, 0) is 49.6 Å². The van der Waals surface area contributed by atoms with Gasteiger partial charge in [-0.1, -0.05) is 6.07 Å². The quantitative estimate of drug-likeness (QED) is 0.917. The molecule has 1 aromatic rings. The summed E-state index contributed by atoms with van der Waals surface area (Å²) in [5.74, 6) is 2.30. The van der Waals surface area contributed by atoms with Crippen LogP contribution in [0.15, 0.2) is 18.2 Å². The maximum absolute atomic E-state index is 13.9. The van der Waals surface area contributed by atoms with Crippen molar-refractivity contribution in [1.29, 1.82) is 0 Å². The second-order valence-electron chi connectivity index (χ2n) is 6.31. The van der Waals surface area contributed by atoms with Crippen molar-refractivity contribution >= 4 is 11.8 Å². The molecule has 0 radical (unpaired) electrons. The molecule has 0 aromatic heterocycles. The van der Waals surface area contributed by atoms with Gasteiger partial charge in [-0.15, -0.1) is 0 Å². The molecule has 0 amide bonds. The number of rotatable bonds is 4. The summed E-state index contributed by atoms with van der Waals surface area (Å²) in [6.45, 7) is 2.91. The highest BCUT2D eigenvalue weighted by molar-refractivity contribution is 7.99. The number of thioether (sulfide) groups is 1. The van der Waals surface area contributed by atoms with Crippen LogP contribution in [-0.2, 0) is 4.74 Å². The molecule has 3 unspecified atom stereocenters. The van der Waals surface area contributed by atoms with Crippen LogP contribution in [0.25, 0.3) is 0 Å². The molecule has 2 heterocycles. The second-order valence-corrected chi connectivity index (χ2v) is 7.41. The van der Waals surface area contributed by atoms with E-state index in [1.54, 1.807) is 12.1 Å². The number of hydrogen-bond acceptors (Lipinski definition) is 4. The van der Waals surface area contributed by atoms with E-state index in [2.05, 4.69) is 12.2 Å². The molecule has 5 heteroatoms. The number of ether oxygens (including phenoxy) is 2. The zero-order valence-corrected chi connectivity index (χ0v) is 14.0. The summed E-state index contributed by atoms with van der Waals surface area (Å²) in [6.07, 6.45) is 3.24. The van der Waals surface area contributed by atoms with Gasteiger partial charge in [0.25, 0.3) is 0 Å². The topological polar surface area (TPSA) is 30.5 Å². The fraction of sp³-hybridized carbons (Fsp3) is 0.647. The third kappa shape index (κ3) is 3.42. The van der Waals surface area contributed by atoms with Gasteiger partial charge >= 0.3 is 0 Å². The van der Waals surface area contributed by atoms with Crippen LogP contribution >= 0.6 is 11.8 Å². The fourth-order valence-corrected chi connectivity index (χ4v) is 4.81. The molecule has 1 spiro atoms. The van der Waals surface area contributed by atoms with Crippen molar-refractivity contribution in [3.05, 3.63) is 29.6 Å². The Morgan fingerprint density at radius 1 is 1.50 bits per heavy atom. The molecule has 2 saturated heterocycles. The van der Waals surface area contributed by atoms with Crippen molar-refractivity contribution in [2.45, 2.75) is 43.9 Å². The summed E-state index contributed by atoms with van der Waals surface area (Å²) in [6, 6.07) is 5.75. The maximum atomic E-state index is 13.9. The first-order chi connectivity index (χ1) is 10.6. The molecule has 122 valence electrons. The molecule has 2 aliphatic heterocycles. The van der Waals surface area contributed by atoms with Gasteiger partial charge in [-0.3, -0.25) is 0 Å². The largest absolute Gasteiger partial charge is 0.494 e. The van der Waals surface area contributed by atoms with Crippen LogP contribution in [0.4, 0.5) is 4.39 Å². The molecule has 3 atom stereocenters. The lowest BCUT2D eigenvalue weighted by atomic mass is 9.89. The molecule has 2 aliphatic rings. The van der Waals surface area contributed by atoms with Crippen LogP contribution < -0.4 is 10.1 Å². The average molecular weight is 325 g/mol. The molecule has 0 saturated carbocycles. The van der Waals surface area contributed by atoms with E-state index in [1.165, 1.54) is 12.9 Å². The Labute approximate surface area is 135 Å². The molecule has 3 rings (SSSR count). The van der Waals surface area contributed by atoms with Gasteiger partial charge in [-0.2, -0.15) is 11.8 Å². The first kappa shape index (κ1) is 16.1. The zero-order chi connectivity index (χ0) is 15.6. The normalized spacial score (nSPS) is 29.7. The fourth-order valence-electron chi connectivity index (χ4n) is 3.44. The van der Waals surface area contributed by atoms with E-state index in [0.717, 1.165) is 37.2 Å². The van der Waals surface area contributed by atoms with Crippen molar-refractivity contribution in [3.63, 3.8) is 0 Å². The Morgan fingerprint density at radius 3 is 3.05 bits per heavy atom. The Kier molecular flexibility index (Phi) is 4.95. The molecule has 2 fully saturated rings. The predicted octanol–water partition coefficient (Wildman–Crippen LogP) is 3.54. The third-order valence-corrected chi connectivity index (χ3v) is 5.94. The van der Waals surface area contributed by atoms with Crippen LogP contribution in [0.5, 0.6) is 5.75 Å². The summed E-state index contributed by atoms with van der Waals surface area (Å²) in [4.78, 5) is 0. The van der Waals surface area contributed by atoms with Gasteiger partial charge in [0.1, 0.15) is 0 Å². The van der Waals surface area contributed by atoms with Crippen LogP contribution in [0.3, 0.4) is 0 Å². The van der Waals surface area contributed by atoms with Crippen LogP contribution in [-0.4, -0.2) is 36.9 Å². The number of benzene rings is 1. The lowest BCUT2D eigenvalue weighted by molar-refractivity contribution is -0.0711. The van der Waals surface area contributed by atoms with Crippen LogP contribution in [0.1, 0.15) is 37.8 Å². The van der Waals surface area contributed by atoms with Crippen molar-refractivity contribution in [2.75, 3.05) is 25.2 Å². The Balaban J connectivity index is 1.63. The van der Waals surface area contributed by atoms with E-state index in [9.17, 15) is 4.39 Å². The SMILES string of the molecule is COc1ccc(C(C)NC2CCOC3(CCSC3)C2)cc1F. The monoisotopic (exact) mass is 325 g/mol. The molecule has 0 bridgehead atoms. The standard InChI is InChI=1S/C17H24FNO2S/c1-12(13-3-4-16(20-2)15(18)9-13)19-14-5-7-21-17(10-14)6-8-22-11-17/h3-4,9,12,14,19H,5-8,10-11H2,1-2H3. The van der Waals surface area contributed by atoms with Gasteiger partial charge in [-0.25, -0.2) is 4.39 Å². The van der Waals surface area contributed by atoms with Crippen molar-refractivity contribution in [1.82, 2.24) is 5.32 Å². The van der Waals surface area contributed by atoms with E-state index in [-0.39, 0.29) is 17.5 Å². The lowest BCUT2D eigenvalue weighted by Crippen LogP contribution is -2.47. The second kappa shape index (κ2) is 6.77. The summed E-state index contributed by atoms with van der Waals surface area (Å²) in [5.41, 5.74) is 1.03. The van der Waals surface area contributed by atoms with Gasteiger partial charge < -0.3 is 14.8 Å². The highest BCUT2D eigenvalue weighted by Crippen LogP contribution is 2.38. The van der Waals surface area contributed by atoms with Crippen molar-refractivity contribution in [3.8, 4) is 5.75 Å². The third-order valence-electron chi connectivity index (χ3n) is 4.72. The number of halogens is 1. The minimum Gasteiger partial charge on any atom is -0.494 e. The average Bonchev–Trinajstić information content (AvgIpc) is 2.95. The first-order valence-electron chi connectivity index (χ1n) is 7.93. The molecule has 22 heavy (non-hydrogen) atoms. The molecule has 3 nitrogen and oxygen atoms in total. The van der Waals surface area contributed by atoms with E-state index >= 15 is 0 Å². The van der Waals surface area contributed by atoms with Crippen molar-refractivity contribution in [2.24, 2.45) is 0 Å². The summed E-state index contributed by atoms with van der Waals surface area (Å²) >= 11 is 1.99. The molecule has 1 aromatic carbocycles. The number of methoxy groups -OCH3 is 1. The lowest BCUT2D eigenvalue weighted by Gasteiger charge is -2.39. The summed E-state index contributed by atoms with van der Waals surface area (Å²) in [5, 5.41) is 3.65. The van der Waals surface area contributed by atoms with E-state index < -0.39 is 0 Å². The highest BCUT2D eigenvalue weighted by Gasteiger charge is 2.40. The highest BCUT2D eigenvalue weighted by atomic mass is 32.2. The molecule has 1 N–H and O–H groups in total. The molecular formula is C17H24FNO2S. The van der Waals surface area contributed by atoms with E-state index in [4.69, 9.17) is 9.47 Å². The smallest absolute Gasteiger partial charge is 0.165 e. The van der Waals surface area contributed by atoms with Gasteiger partial charge in [0, 0.05) is 24.4 Å². The maximum Gasteiger partial charge on any atom is 0.165 e. The summed E-state index contributed by atoms with van der Waals surface area (Å²) < 4.78 is 24.9. The Morgan fingerprint density at radius 2 is 2.36 bits per heavy atom. The zero-order valence-electron chi connectivity index (χ0n) is 13.2. The minimum absolute atomic E-state index is 0.0749. The number of nitrogens with one attached hydrogen (secondary N) is 1. The molecule has 0 aliphatic carbocycles. The van der Waals surface area contributed by atoms with Crippen LogP contribution in [0, 0.1) is 5.82 Å². The first-order valence-corrected chi connectivity index (χ1v) is 9.08.